The lowest BCUT2D eigenvalue weighted by Crippen LogP contribution is -2.28. The van der Waals surface area contributed by atoms with Gasteiger partial charge in [-0.25, -0.2) is 17.8 Å². The van der Waals surface area contributed by atoms with E-state index in [1.165, 1.54) is 47.2 Å². The zero-order chi connectivity index (χ0) is 29.5. The second kappa shape index (κ2) is 10.9. The van der Waals surface area contributed by atoms with Gasteiger partial charge in [-0.05, 0) is 85.2 Å². The van der Waals surface area contributed by atoms with Crippen LogP contribution in [0.1, 0.15) is 54.7 Å². The first-order chi connectivity index (χ1) is 19.5. The standard InChI is InChI=1S/C30H26F2N4O4S/c1-3-25(21-12-19(16-33)13-22(31)15-21)36-26(14-18-4-5-18)35-29(37)27(30(36)38)41(39,40)23-8-6-20(7-9-23)24-10-11-34-28(32)17(24)2/h6-13,15,18,25,38H,3-5,14H2,1-2H3. The summed E-state index contributed by atoms with van der Waals surface area (Å²) in [5.74, 6) is -1.69. The van der Waals surface area contributed by atoms with E-state index < -0.39 is 44.0 Å². The van der Waals surface area contributed by atoms with Crippen LogP contribution in [0.25, 0.3) is 11.1 Å². The molecule has 4 aromatic rings. The Morgan fingerprint density at radius 3 is 2.49 bits per heavy atom. The van der Waals surface area contributed by atoms with Gasteiger partial charge in [0, 0.05) is 18.2 Å². The fourth-order valence-electron chi connectivity index (χ4n) is 5.03. The molecule has 1 saturated carbocycles. The largest absolute Gasteiger partial charge is 0.493 e. The average Bonchev–Trinajstić information content (AvgIpc) is 3.76. The topological polar surface area (TPSA) is 126 Å². The number of rotatable bonds is 8. The van der Waals surface area contributed by atoms with E-state index in [0.29, 0.717) is 28.7 Å². The molecular formula is C30H26F2N4O4S. The average molecular weight is 577 g/mol. The highest BCUT2D eigenvalue weighted by Crippen LogP contribution is 2.38. The lowest BCUT2D eigenvalue weighted by molar-refractivity contribution is 0.357. The molecule has 8 nitrogen and oxygen atoms in total. The van der Waals surface area contributed by atoms with E-state index in [1.807, 2.05) is 6.07 Å². The molecule has 1 unspecified atom stereocenters. The fraction of sp³-hybridized carbons (Fsp3) is 0.267. The summed E-state index contributed by atoms with van der Waals surface area (Å²) in [6.45, 7) is 3.32. The van der Waals surface area contributed by atoms with Gasteiger partial charge in [0.15, 0.2) is 4.90 Å². The van der Waals surface area contributed by atoms with Crippen LogP contribution in [0.15, 0.2) is 69.3 Å². The maximum Gasteiger partial charge on any atom is 0.296 e. The summed E-state index contributed by atoms with van der Waals surface area (Å²) in [5, 5.41) is 20.8. The van der Waals surface area contributed by atoms with E-state index in [-0.39, 0.29) is 28.6 Å². The van der Waals surface area contributed by atoms with Crippen LogP contribution in [0.5, 0.6) is 5.88 Å². The Kier molecular flexibility index (Phi) is 7.44. The number of halogens is 2. The molecule has 5 rings (SSSR count). The van der Waals surface area contributed by atoms with Crippen molar-refractivity contribution in [2.75, 3.05) is 0 Å². The molecule has 1 aliphatic rings. The second-order valence-corrected chi connectivity index (χ2v) is 12.0. The van der Waals surface area contributed by atoms with Crippen molar-refractivity contribution in [1.29, 1.82) is 5.26 Å². The lowest BCUT2D eigenvalue weighted by Gasteiger charge is -2.25. The molecule has 1 atom stereocenters. The van der Waals surface area contributed by atoms with Crippen LogP contribution in [0.3, 0.4) is 0 Å². The molecule has 2 aromatic heterocycles. The van der Waals surface area contributed by atoms with Gasteiger partial charge in [-0.2, -0.15) is 14.6 Å². The van der Waals surface area contributed by atoms with E-state index in [1.54, 1.807) is 19.9 Å². The number of sulfone groups is 1. The third-order valence-electron chi connectivity index (χ3n) is 7.32. The van der Waals surface area contributed by atoms with Crippen LogP contribution in [0.4, 0.5) is 8.78 Å². The molecule has 41 heavy (non-hydrogen) atoms. The minimum Gasteiger partial charge on any atom is -0.493 e. The van der Waals surface area contributed by atoms with E-state index >= 15 is 0 Å². The lowest BCUT2D eigenvalue weighted by atomic mass is 10.0. The Labute approximate surface area is 235 Å². The van der Waals surface area contributed by atoms with Crippen LogP contribution < -0.4 is 5.56 Å². The number of pyridine rings is 1. The van der Waals surface area contributed by atoms with Crippen LogP contribution in [-0.4, -0.2) is 28.1 Å². The monoisotopic (exact) mass is 576 g/mol. The van der Waals surface area contributed by atoms with Crippen molar-refractivity contribution in [3.63, 3.8) is 0 Å². The first kappa shape index (κ1) is 28.1. The molecule has 0 aliphatic heterocycles. The van der Waals surface area contributed by atoms with Gasteiger partial charge in [-0.15, -0.1) is 0 Å². The van der Waals surface area contributed by atoms with Gasteiger partial charge in [-0.3, -0.25) is 9.36 Å². The molecule has 0 saturated heterocycles. The first-order valence-corrected chi connectivity index (χ1v) is 14.5. The van der Waals surface area contributed by atoms with E-state index in [0.717, 1.165) is 18.9 Å². The summed E-state index contributed by atoms with van der Waals surface area (Å²) < 4.78 is 57.2. The summed E-state index contributed by atoms with van der Waals surface area (Å²) in [7, 11) is -4.57. The summed E-state index contributed by atoms with van der Waals surface area (Å²) >= 11 is 0. The third-order valence-corrected chi connectivity index (χ3v) is 9.11. The number of hydrogen-bond donors (Lipinski definition) is 1. The predicted molar refractivity (Wildman–Crippen MR) is 146 cm³/mol. The Hall–Kier alpha value is -4.43. The van der Waals surface area contributed by atoms with E-state index in [9.17, 15) is 32.4 Å². The highest BCUT2D eigenvalue weighted by atomic mass is 32.2. The van der Waals surface area contributed by atoms with E-state index in [4.69, 9.17) is 0 Å². The maximum absolute atomic E-state index is 14.4. The normalized spacial score (nSPS) is 14.0. The summed E-state index contributed by atoms with van der Waals surface area (Å²) in [4.78, 5) is 19.7. The zero-order valence-corrected chi connectivity index (χ0v) is 23.1. The van der Waals surface area contributed by atoms with Crippen LogP contribution in [0, 0.1) is 35.9 Å². The van der Waals surface area contributed by atoms with Crippen LogP contribution in [-0.2, 0) is 16.3 Å². The molecule has 1 fully saturated rings. The van der Waals surface area contributed by atoms with Gasteiger partial charge in [0.25, 0.3) is 5.56 Å². The zero-order valence-electron chi connectivity index (χ0n) is 22.3. The molecule has 1 N–H and O–H groups in total. The molecule has 11 heteroatoms. The van der Waals surface area contributed by atoms with Crippen molar-refractivity contribution in [2.24, 2.45) is 5.92 Å². The van der Waals surface area contributed by atoms with Gasteiger partial charge in [0.2, 0.25) is 21.7 Å². The molecule has 0 spiro atoms. The van der Waals surface area contributed by atoms with Gasteiger partial charge >= 0.3 is 0 Å². The SMILES string of the molecule is CCC(c1cc(F)cc(C#N)c1)n1c(CC2CC2)nc(=O)c(S(=O)(=O)c2ccc(-c3ccnc(F)c3C)cc2)c1O. The number of benzene rings is 2. The van der Waals surface area contributed by atoms with Gasteiger partial charge in [0.05, 0.1) is 22.6 Å². The first-order valence-electron chi connectivity index (χ1n) is 13.1. The molecule has 0 amide bonds. The molecule has 2 aromatic carbocycles. The summed E-state index contributed by atoms with van der Waals surface area (Å²) in [6.07, 6.45) is 3.72. The van der Waals surface area contributed by atoms with Crippen LogP contribution >= 0.6 is 0 Å². The number of aromatic nitrogens is 3. The number of hydrogen-bond acceptors (Lipinski definition) is 7. The molecule has 0 bridgehead atoms. The Morgan fingerprint density at radius 2 is 1.85 bits per heavy atom. The minimum absolute atomic E-state index is 0.0629. The van der Waals surface area contributed by atoms with Crippen molar-refractivity contribution in [3.8, 4) is 23.1 Å². The number of aromatic hydroxyl groups is 1. The smallest absolute Gasteiger partial charge is 0.296 e. The molecule has 2 heterocycles. The van der Waals surface area contributed by atoms with Crippen molar-refractivity contribution < 1.29 is 22.3 Å². The van der Waals surface area contributed by atoms with E-state index in [2.05, 4.69) is 9.97 Å². The van der Waals surface area contributed by atoms with Gasteiger partial charge in [-0.1, -0.05) is 19.1 Å². The van der Waals surface area contributed by atoms with Crippen molar-refractivity contribution in [1.82, 2.24) is 14.5 Å². The van der Waals surface area contributed by atoms with Crippen molar-refractivity contribution in [3.05, 3.63) is 99.4 Å². The quantitative estimate of drug-likeness (QED) is 0.284. The van der Waals surface area contributed by atoms with Crippen LogP contribution in [0.2, 0.25) is 0 Å². The minimum atomic E-state index is -4.57. The number of nitrogens with zero attached hydrogens (tertiary/aromatic N) is 4. The third kappa shape index (κ3) is 5.35. The maximum atomic E-state index is 14.4. The number of nitriles is 1. The fourth-order valence-corrected chi connectivity index (χ4v) is 6.37. The van der Waals surface area contributed by atoms with Crippen molar-refractivity contribution >= 4 is 9.84 Å². The molecule has 210 valence electrons. The predicted octanol–water partition coefficient (Wildman–Crippen LogP) is 5.25. The van der Waals surface area contributed by atoms with Gasteiger partial charge < -0.3 is 5.11 Å². The Balaban J connectivity index is 1.65. The Bertz CT molecular complexity index is 1860. The summed E-state index contributed by atoms with van der Waals surface area (Å²) in [6, 6.07) is 11.9. The molecule has 0 radical (unpaired) electrons. The highest BCUT2D eigenvalue weighted by Gasteiger charge is 2.34. The Morgan fingerprint density at radius 1 is 1.15 bits per heavy atom. The molecule has 1 aliphatic carbocycles. The van der Waals surface area contributed by atoms with Gasteiger partial charge in [0.1, 0.15) is 11.6 Å². The second-order valence-electron chi connectivity index (χ2n) is 10.1. The highest BCUT2D eigenvalue weighted by molar-refractivity contribution is 7.91. The van der Waals surface area contributed by atoms with Crippen molar-refractivity contribution in [2.45, 2.75) is 55.4 Å². The molecular weight excluding hydrogens is 550 g/mol. The summed E-state index contributed by atoms with van der Waals surface area (Å²) in [5.41, 5.74) is 0.643.